The second-order valence-corrected chi connectivity index (χ2v) is 5.68. The highest BCUT2D eigenvalue weighted by Gasteiger charge is 2.19. The minimum Gasteiger partial charge on any atom is -0.323 e. The van der Waals surface area contributed by atoms with Gasteiger partial charge in [-0.05, 0) is 42.3 Å². The number of rotatable bonds is 3. The lowest BCUT2D eigenvalue weighted by Gasteiger charge is -2.15. The molecule has 0 aliphatic heterocycles. The van der Waals surface area contributed by atoms with Crippen molar-refractivity contribution in [1.29, 1.82) is 0 Å². The zero-order valence-corrected chi connectivity index (χ0v) is 12.5. The molecule has 1 atom stereocenters. The smallest absolute Gasteiger partial charge is 0.132 e. The molecule has 0 radical (unpaired) electrons. The molecule has 1 unspecified atom stereocenters. The summed E-state index contributed by atoms with van der Waals surface area (Å²) in [6.07, 6.45) is -0.0537. The Labute approximate surface area is 127 Å². The molecular weight excluding hydrogens is 355 g/mol. The van der Waals surface area contributed by atoms with Gasteiger partial charge in [0.05, 0.1) is 0 Å². The molecule has 106 valence electrons. The van der Waals surface area contributed by atoms with E-state index in [1.807, 2.05) is 0 Å². The van der Waals surface area contributed by atoms with E-state index in [1.54, 1.807) is 0 Å². The molecule has 2 aromatic rings. The molecule has 0 saturated carbocycles. The van der Waals surface area contributed by atoms with Gasteiger partial charge in [0.15, 0.2) is 0 Å². The van der Waals surface area contributed by atoms with Gasteiger partial charge in [-0.1, -0.05) is 27.5 Å². The van der Waals surface area contributed by atoms with Crippen molar-refractivity contribution < 1.29 is 13.2 Å². The molecule has 2 N–H and O–H groups in total. The fourth-order valence-corrected chi connectivity index (χ4v) is 2.54. The average Bonchev–Trinajstić information content (AvgIpc) is 2.32. The molecule has 2 rings (SSSR count). The first-order chi connectivity index (χ1) is 9.38. The van der Waals surface area contributed by atoms with E-state index in [1.165, 1.54) is 18.2 Å². The van der Waals surface area contributed by atoms with Gasteiger partial charge >= 0.3 is 0 Å². The lowest BCUT2D eigenvalue weighted by molar-refractivity contribution is 0.517. The number of halogens is 5. The van der Waals surface area contributed by atoms with E-state index in [4.69, 9.17) is 17.3 Å². The molecule has 0 saturated heterocycles. The van der Waals surface area contributed by atoms with Crippen LogP contribution in [0.2, 0.25) is 5.02 Å². The fraction of sp³-hybridized carbons (Fsp3) is 0.143. The van der Waals surface area contributed by atoms with E-state index in [9.17, 15) is 13.2 Å². The second-order valence-electron chi connectivity index (χ2n) is 4.33. The molecule has 0 fully saturated rings. The predicted octanol–water partition coefficient (Wildman–Crippen LogP) is 4.76. The van der Waals surface area contributed by atoms with Crippen LogP contribution in [0.3, 0.4) is 0 Å². The maximum atomic E-state index is 13.8. The first-order valence-electron chi connectivity index (χ1n) is 5.72. The van der Waals surface area contributed by atoms with Crippen molar-refractivity contribution in [3.8, 4) is 0 Å². The maximum Gasteiger partial charge on any atom is 0.132 e. The largest absolute Gasteiger partial charge is 0.323 e. The van der Waals surface area contributed by atoms with Crippen LogP contribution in [0, 0.1) is 17.5 Å². The van der Waals surface area contributed by atoms with E-state index in [0.717, 1.165) is 12.1 Å². The Hall–Kier alpha value is -1.04. The van der Waals surface area contributed by atoms with Gasteiger partial charge in [-0.25, -0.2) is 13.2 Å². The van der Waals surface area contributed by atoms with Gasteiger partial charge in [-0.3, -0.25) is 0 Å². The Kier molecular flexibility index (Phi) is 4.73. The first-order valence-corrected chi connectivity index (χ1v) is 6.89. The second kappa shape index (κ2) is 6.16. The van der Waals surface area contributed by atoms with Crippen LogP contribution in [0.5, 0.6) is 0 Å². The molecule has 0 spiro atoms. The summed E-state index contributed by atoms with van der Waals surface area (Å²) in [4.78, 5) is 0. The Morgan fingerprint density at radius 1 is 1.05 bits per heavy atom. The lowest BCUT2D eigenvalue weighted by atomic mass is 9.98. The topological polar surface area (TPSA) is 26.0 Å². The summed E-state index contributed by atoms with van der Waals surface area (Å²) in [6, 6.07) is 5.21. The Bertz CT molecular complexity index is 625. The van der Waals surface area contributed by atoms with Gasteiger partial charge in [0.2, 0.25) is 0 Å². The zero-order chi connectivity index (χ0) is 14.9. The molecule has 0 amide bonds. The monoisotopic (exact) mass is 363 g/mol. The van der Waals surface area contributed by atoms with Gasteiger partial charge in [0, 0.05) is 21.1 Å². The molecule has 0 bridgehead atoms. The van der Waals surface area contributed by atoms with Gasteiger partial charge in [0.25, 0.3) is 0 Å². The number of benzene rings is 2. The number of hydrogen-bond donors (Lipinski definition) is 1. The average molecular weight is 365 g/mol. The van der Waals surface area contributed by atoms with E-state index in [-0.39, 0.29) is 22.0 Å². The minimum atomic E-state index is -1.00. The molecule has 1 nitrogen and oxygen atoms in total. The normalized spacial score (nSPS) is 12.5. The summed E-state index contributed by atoms with van der Waals surface area (Å²) in [5.41, 5.74) is 5.74. The molecular formula is C14H10BrClF3N. The van der Waals surface area contributed by atoms with Crippen LogP contribution in [0.4, 0.5) is 13.2 Å². The Morgan fingerprint density at radius 3 is 2.25 bits per heavy atom. The quantitative estimate of drug-likeness (QED) is 0.835. The summed E-state index contributed by atoms with van der Waals surface area (Å²) >= 11 is 8.75. The van der Waals surface area contributed by atoms with Crippen LogP contribution in [0.1, 0.15) is 17.2 Å². The highest BCUT2D eigenvalue weighted by molar-refractivity contribution is 9.10. The van der Waals surface area contributed by atoms with Crippen LogP contribution < -0.4 is 5.73 Å². The Morgan fingerprint density at radius 2 is 1.65 bits per heavy atom. The highest BCUT2D eigenvalue weighted by Crippen LogP contribution is 2.27. The van der Waals surface area contributed by atoms with Crippen LogP contribution >= 0.6 is 27.5 Å². The van der Waals surface area contributed by atoms with Crippen LogP contribution in [-0.2, 0) is 6.42 Å². The third kappa shape index (κ3) is 3.34. The van der Waals surface area contributed by atoms with E-state index >= 15 is 0 Å². The molecule has 2 aromatic carbocycles. The Balaban J connectivity index is 2.33. The first kappa shape index (κ1) is 15.4. The van der Waals surface area contributed by atoms with Crippen molar-refractivity contribution in [2.45, 2.75) is 12.5 Å². The van der Waals surface area contributed by atoms with E-state index in [0.29, 0.717) is 5.02 Å². The lowest BCUT2D eigenvalue weighted by Crippen LogP contribution is -2.17. The predicted molar refractivity (Wildman–Crippen MR) is 76.1 cm³/mol. The molecule has 20 heavy (non-hydrogen) atoms. The summed E-state index contributed by atoms with van der Waals surface area (Å²) in [5.74, 6) is -2.05. The van der Waals surface area contributed by atoms with E-state index in [2.05, 4.69) is 15.9 Å². The molecule has 0 aliphatic rings. The van der Waals surface area contributed by atoms with Gasteiger partial charge in [-0.15, -0.1) is 0 Å². The summed E-state index contributed by atoms with van der Waals surface area (Å²) in [6.45, 7) is 0. The standard InChI is InChI=1S/C14H10BrClF3N/c15-8-5-11(18)14(12(19)6-8)13(20)4-7-3-9(16)1-2-10(7)17/h1-3,5-6,13H,4,20H2. The number of nitrogens with two attached hydrogens (primary N) is 1. The maximum absolute atomic E-state index is 13.8. The van der Waals surface area contributed by atoms with Crippen LogP contribution in [-0.4, -0.2) is 0 Å². The highest BCUT2D eigenvalue weighted by atomic mass is 79.9. The van der Waals surface area contributed by atoms with Gasteiger partial charge in [0.1, 0.15) is 17.5 Å². The summed E-state index contributed by atoms with van der Waals surface area (Å²) < 4.78 is 41.4. The van der Waals surface area contributed by atoms with Crippen molar-refractivity contribution in [2.75, 3.05) is 0 Å². The van der Waals surface area contributed by atoms with Crippen molar-refractivity contribution >= 4 is 27.5 Å². The van der Waals surface area contributed by atoms with Crippen molar-refractivity contribution in [3.63, 3.8) is 0 Å². The number of hydrogen-bond acceptors (Lipinski definition) is 1. The van der Waals surface area contributed by atoms with Crippen molar-refractivity contribution in [1.82, 2.24) is 0 Å². The third-order valence-corrected chi connectivity index (χ3v) is 3.56. The third-order valence-electron chi connectivity index (χ3n) is 2.86. The van der Waals surface area contributed by atoms with E-state index < -0.39 is 23.5 Å². The molecule has 6 heteroatoms. The van der Waals surface area contributed by atoms with Crippen LogP contribution in [0.25, 0.3) is 0 Å². The van der Waals surface area contributed by atoms with Crippen molar-refractivity contribution in [2.24, 2.45) is 5.73 Å². The molecule has 0 aliphatic carbocycles. The van der Waals surface area contributed by atoms with Crippen LogP contribution in [0.15, 0.2) is 34.8 Å². The molecule has 0 heterocycles. The summed E-state index contributed by atoms with van der Waals surface area (Å²) in [7, 11) is 0. The van der Waals surface area contributed by atoms with Crippen molar-refractivity contribution in [3.05, 3.63) is 68.4 Å². The fourth-order valence-electron chi connectivity index (χ4n) is 1.95. The van der Waals surface area contributed by atoms with Gasteiger partial charge < -0.3 is 5.73 Å². The molecule has 0 aromatic heterocycles. The minimum absolute atomic E-state index is 0.0537. The SMILES string of the molecule is NC(Cc1cc(Cl)ccc1F)c1c(F)cc(Br)cc1F. The summed E-state index contributed by atoms with van der Waals surface area (Å²) in [5, 5.41) is 0.338. The van der Waals surface area contributed by atoms with Gasteiger partial charge in [-0.2, -0.15) is 0 Å². The zero-order valence-electron chi connectivity index (χ0n) is 10.1.